The number of hydrogen-bond acceptors (Lipinski definition) is 4. The Labute approximate surface area is 166 Å². The standard InChI is InChI=1S/C23H29NO4/c1-23(2,3)28-22(26)24-14-18(20(15-24)21(25)27-4)13-12-17-10-7-9-16-8-5-6-11-19(16)17/h5-11,18,20H,12-15H2,1-4H3/t18-,20-/m0/s1. The number of carbonyl (C=O) groups is 2. The Kier molecular flexibility index (Phi) is 5.92. The molecule has 2 atom stereocenters. The summed E-state index contributed by atoms with van der Waals surface area (Å²) in [6.07, 6.45) is 1.29. The highest BCUT2D eigenvalue weighted by molar-refractivity contribution is 5.85. The third kappa shape index (κ3) is 4.64. The number of rotatable bonds is 4. The number of fused-ring (bicyclic) bond motifs is 1. The summed E-state index contributed by atoms with van der Waals surface area (Å²) in [5, 5.41) is 2.45. The van der Waals surface area contributed by atoms with Crippen molar-refractivity contribution in [3.05, 3.63) is 48.0 Å². The zero-order valence-electron chi connectivity index (χ0n) is 17.1. The fraction of sp³-hybridized carbons (Fsp3) is 0.478. The second kappa shape index (κ2) is 8.21. The van der Waals surface area contributed by atoms with E-state index in [1.807, 2.05) is 32.9 Å². The van der Waals surface area contributed by atoms with Gasteiger partial charge in [-0.3, -0.25) is 4.79 Å². The van der Waals surface area contributed by atoms with Crippen LogP contribution in [0.25, 0.3) is 10.8 Å². The van der Waals surface area contributed by atoms with Gasteiger partial charge in [-0.25, -0.2) is 4.79 Å². The fourth-order valence-electron chi connectivity index (χ4n) is 3.91. The third-order valence-corrected chi connectivity index (χ3v) is 5.26. The summed E-state index contributed by atoms with van der Waals surface area (Å²) in [5.41, 5.74) is 0.705. The van der Waals surface area contributed by atoms with E-state index in [0.717, 1.165) is 12.8 Å². The molecule has 1 saturated heterocycles. The van der Waals surface area contributed by atoms with Gasteiger partial charge in [0.2, 0.25) is 0 Å². The molecule has 28 heavy (non-hydrogen) atoms. The number of amides is 1. The molecule has 5 nitrogen and oxygen atoms in total. The highest BCUT2D eigenvalue weighted by atomic mass is 16.6. The van der Waals surface area contributed by atoms with Crippen LogP contribution >= 0.6 is 0 Å². The van der Waals surface area contributed by atoms with Gasteiger partial charge in [-0.15, -0.1) is 0 Å². The number of benzene rings is 2. The monoisotopic (exact) mass is 383 g/mol. The van der Waals surface area contributed by atoms with Crippen LogP contribution in [0.3, 0.4) is 0 Å². The van der Waals surface area contributed by atoms with Crippen LogP contribution in [0.5, 0.6) is 0 Å². The minimum absolute atomic E-state index is 0.0546. The molecule has 1 amide bonds. The average Bonchev–Trinajstić information content (AvgIpc) is 3.09. The van der Waals surface area contributed by atoms with Crippen molar-refractivity contribution < 1.29 is 19.1 Å². The molecule has 0 radical (unpaired) electrons. The van der Waals surface area contributed by atoms with Crippen molar-refractivity contribution in [2.24, 2.45) is 11.8 Å². The van der Waals surface area contributed by atoms with Crippen molar-refractivity contribution in [3.63, 3.8) is 0 Å². The minimum atomic E-state index is -0.557. The van der Waals surface area contributed by atoms with Crippen LogP contribution in [-0.4, -0.2) is 42.8 Å². The summed E-state index contributed by atoms with van der Waals surface area (Å²) in [4.78, 5) is 26.4. The summed E-state index contributed by atoms with van der Waals surface area (Å²) in [6.45, 7) is 6.39. The van der Waals surface area contributed by atoms with Gasteiger partial charge in [0.15, 0.2) is 0 Å². The molecule has 3 rings (SSSR count). The van der Waals surface area contributed by atoms with Gasteiger partial charge in [-0.05, 0) is 55.9 Å². The molecule has 1 heterocycles. The van der Waals surface area contributed by atoms with Crippen LogP contribution in [0.4, 0.5) is 4.79 Å². The van der Waals surface area contributed by atoms with Gasteiger partial charge in [-0.2, -0.15) is 0 Å². The summed E-state index contributed by atoms with van der Waals surface area (Å²) in [5.74, 6) is -0.514. The molecule has 2 aromatic rings. The first-order valence-corrected chi connectivity index (χ1v) is 9.81. The number of nitrogens with zero attached hydrogens (tertiary/aromatic N) is 1. The van der Waals surface area contributed by atoms with E-state index < -0.39 is 5.60 Å². The minimum Gasteiger partial charge on any atom is -0.469 e. The molecule has 0 aromatic heterocycles. The lowest BCUT2D eigenvalue weighted by Crippen LogP contribution is -2.36. The van der Waals surface area contributed by atoms with Gasteiger partial charge in [0.1, 0.15) is 5.60 Å². The fourth-order valence-corrected chi connectivity index (χ4v) is 3.91. The van der Waals surface area contributed by atoms with Gasteiger partial charge < -0.3 is 14.4 Å². The average molecular weight is 383 g/mol. The van der Waals surface area contributed by atoms with E-state index >= 15 is 0 Å². The molecule has 1 fully saturated rings. The predicted octanol–water partition coefficient (Wildman–Crippen LogP) is 4.43. The largest absolute Gasteiger partial charge is 0.469 e. The zero-order chi connectivity index (χ0) is 20.3. The first kappa shape index (κ1) is 20.2. The second-order valence-corrected chi connectivity index (χ2v) is 8.45. The molecule has 1 aliphatic rings. The summed E-state index contributed by atoms with van der Waals surface area (Å²) < 4.78 is 10.5. The van der Waals surface area contributed by atoms with Crippen LogP contribution in [0.2, 0.25) is 0 Å². The summed E-state index contributed by atoms with van der Waals surface area (Å²) in [7, 11) is 1.40. The summed E-state index contributed by atoms with van der Waals surface area (Å²) >= 11 is 0. The lowest BCUT2D eigenvalue weighted by Gasteiger charge is -2.24. The van der Waals surface area contributed by atoms with Crippen LogP contribution in [-0.2, 0) is 20.7 Å². The van der Waals surface area contributed by atoms with Crippen LogP contribution in [0.15, 0.2) is 42.5 Å². The van der Waals surface area contributed by atoms with Crippen LogP contribution in [0, 0.1) is 11.8 Å². The Morgan fingerprint density at radius 1 is 1.07 bits per heavy atom. The molecule has 0 spiro atoms. The lowest BCUT2D eigenvalue weighted by molar-refractivity contribution is -0.146. The quantitative estimate of drug-likeness (QED) is 0.733. The normalized spacial score (nSPS) is 19.6. The van der Waals surface area contributed by atoms with Crippen molar-refractivity contribution in [1.82, 2.24) is 4.90 Å². The molecule has 0 saturated carbocycles. The Balaban J connectivity index is 1.73. The predicted molar refractivity (Wildman–Crippen MR) is 109 cm³/mol. The van der Waals surface area contributed by atoms with Crippen molar-refractivity contribution in [2.45, 2.75) is 39.2 Å². The molecule has 1 aliphatic heterocycles. The first-order chi connectivity index (χ1) is 13.3. The molecular formula is C23H29NO4. The summed E-state index contributed by atoms with van der Waals surface area (Å²) in [6, 6.07) is 14.6. The number of carbonyl (C=O) groups excluding carboxylic acids is 2. The van der Waals surface area contributed by atoms with Gasteiger partial charge >= 0.3 is 12.1 Å². The van der Waals surface area contributed by atoms with Crippen molar-refractivity contribution in [1.29, 1.82) is 0 Å². The molecular weight excluding hydrogens is 354 g/mol. The van der Waals surface area contributed by atoms with Gasteiger partial charge in [-0.1, -0.05) is 42.5 Å². The van der Waals surface area contributed by atoms with Crippen LogP contribution < -0.4 is 0 Å². The topological polar surface area (TPSA) is 55.8 Å². The lowest BCUT2D eigenvalue weighted by atomic mass is 9.89. The maximum atomic E-state index is 12.5. The third-order valence-electron chi connectivity index (χ3n) is 5.26. The van der Waals surface area contributed by atoms with E-state index in [0.29, 0.717) is 13.1 Å². The number of ether oxygens (including phenoxy) is 2. The molecule has 5 heteroatoms. The Morgan fingerprint density at radius 2 is 1.79 bits per heavy atom. The Bertz CT molecular complexity index is 850. The second-order valence-electron chi connectivity index (χ2n) is 8.45. The molecule has 0 unspecified atom stereocenters. The molecule has 0 aliphatic carbocycles. The van der Waals surface area contributed by atoms with E-state index in [4.69, 9.17) is 9.47 Å². The smallest absolute Gasteiger partial charge is 0.410 e. The highest BCUT2D eigenvalue weighted by Crippen LogP contribution is 2.31. The number of methoxy groups -OCH3 is 1. The number of esters is 1. The molecule has 0 N–H and O–H groups in total. The highest BCUT2D eigenvalue weighted by Gasteiger charge is 2.41. The Hall–Kier alpha value is -2.56. The maximum absolute atomic E-state index is 12.5. The van der Waals surface area contributed by atoms with E-state index in [9.17, 15) is 9.59 Å². The molecule has 2 aromatic carbocycles. The molecule has 0 bridgehead atoms. The zero-order valence-corrected chi connectivity index (χ0v) is 17.1. The maximum Gasteiger partial charge on any atom is 0.410 e. The van der Waals surface area contributed by atoms with Gasteiger partial charge in [0.25, 0.3) is 0 Å². The van der Waals surface area contributed by atoms with Gasteiger partial charge in [0, 0.05) is 13.1 Å². The van der Waals surface area contributed by atoms with E-state index in [-0.39, 0.29) is 23.9 Å². The Morgan fingerprint density at radius 3 is 2.50 bits per heavy atom. The number of likely N-dealkylation sites (tertiary alicyclic amines) is 1. The van der Waals surface area contributed by atoms with Crippen molar-refractivity contribution in [3.8, 4) is 0 Å². The van der Waals surface area contributed by atoms with Crippen molar-refractivity contribution >= 4 is 22.8 Å². The van der Waals surface area contributed by atoms with E-state index in [1.54, 1.807) is 4.90 Å². The van der Waals surface area contributed by atoms with Crippen LogP contribution in [0.1, 0.15) is 32.8 Å². The number of aryl methyl sites for hydroxylation is 1. The van der Waals surface area contributed by atoms with E-state index in [2.05, 4.69) is 30.3 Å². The van der Waals surface area contributed by atoms with Crippen molar-refractivity contribution in [2.75, 3.05) is 20.2 Å². The molecule has 150 valence electrons. The SMILES string of the molecule is COC(=O)[C@H]1CN(C(=O)OC(C)(C)C)C[C@@H]1CCc1cccc2ccccc12. The van der Waals surface area contributed by atoms with Gasteiger partial charge in [0.05, 0.1) is 13.0 Å². The first-order valence-electron chi connectivity index (χ1n) is 9.81. The number of hydrogen-bond donors (Lipinski definition) is 0. The van der Waals surface area contributed by atoms with E-state index in [1.165, 1.54) is 23.4 Å².